The Morgan fingerprint density at radius 2 is 1.81 bits per heavy atom. The van der Waals surface area contributed by atoms with Crippen LogP contribution < -0.4 is 0 Å². The molecule has 0 bridgehead atoms. The van der Waals surface area contributed by atoms with Crippen LogP contribution in [0.25, 0.3) is 0 Å². The predicted octanol–water partition coefficient (Wildman–Crippen LogP) is 3.45. The standard InChI is InChI=1S/C17H29NO3/c1-13-6-5-7-14(10-13)18(2)15(19)11-17(12-16(20)21)8-3-4-9-17/h13-14H,3-12H2,1-2H3,(H,20,21). The van der Waals surface area contributed by atoms with Crippen molar-refractivity contribution in [1.82, 2.24) is 4.90 Å². The van der Waals surface area contributed by atoms with E-state index < -0.39 is 5.97 Å². The molecule has 0 aromatic heterocycles. The maximum atomic E-state index is 12.6. The largest absolute Gasteiger partial charge is 0.481 e. The Hall–Kier alpha value is -1.06. The lowest BCUT2D eigenvalue weighted by molar-refractivity contribution is -0.142. The number of carbonyl (C=O) groups excluding carboxylic acids is 1. The van der Waals surface area contributed by atoms with Gasteiger partial charge in [-0.2, -0.15) is 0 Å². The Morgan fingerprint density at radius 1 is 1.14 bits per heavy atom. The normalized spacial score (nSPS) is 28.3. The van der Waals surface area contributed by atoms with Crippen LogP contribution >= 0.6 is 0 Å². The van der Waals surface area contributed by atoms with Crippen LogP contribution in [0.1, 0.15) is 71.1 Å². The highest BCUT2D eigenvalue weighted by atomic mass is 16.4. The molecular formula is C17H29NO3. The van der Waals surface area contributed by atoms with Crippen molar-refractivity contribution in [2.75, 3.05) is 7.05 Å². The molecule has 4 heteroatoms. The van der Waals surface area contributed by atoms with E-state index in [1.54, 1.807) is 0 Å². The molecule has 1 amide bonds. The highest BCUT2D eigenvalue weighted by Gasteiger charge is 2.39. The number of carboxylic acids is 1. The van der Waals surface area contributed by atoms with Crippen LogP contribution in [0.4, 0.5) is 0 Å². The van der Waals surface area contributed by atoms with Gasteiger partial charge in [-0.1, -0.05) is 32.6 Å². The summed E-state index contributed by atoms with van der Waals surface area (Å²) in [5.41, 5.74) is -0.280. The van der Waals surface area contributed by atoms with Gasteiger partial charge in [0.1, 0.15) is 0 Å². The molecule has 0 aliphatic heterocycles. The zero-order valence-electron chi connectivity index (χ0n) is 13.4. The molecular weight excluding hydrogens is 266 g/mol. The van der Waals surface area contributed by atoms with Crippen LogP contribution in [0, 0.1) is 11.3 Å². The maximum Gasteiger partial charge on any atom is 0.303 e. The molecule has 2 aliphatic carbocycles. The third-order valence-electron chi connectivity index (χ3n) is 5.57. The van der Waals surface area contributed by atoms with E-state index in [2.05, 4.69) is 6.92 Å². The Morgan fingerprint density at radius 3 is 2.38 bits per heavy atom. The van der Waals surface area contributed by atoms with Crippen molar-refractivity contribution in [2.24, 2.45) is 11.3 Å². The van der Waals surface area contributed by atoms with Gasteiger partial charge in [-0.3, -0.25) is 9.59 Å². The van der Waals surface area contributed by atoms with E-state index in [0.29, 0.717) is 18.4 Å². The van der Waals surface area contributed by atoms with Gasteiger partial charge in [0, 0.05) is 19.5 Å². The van der Waals surface area contributed by atoms with Crippen molar-refractivity contribution < 1.29 is 14.7 Å². The average Bonchev–Trinajstić information content (AvgIpc) is 2.85. The molecule has 0 radical (unpaired) electrons. The summed E-state index contributed by atoms with van der Waals surface area (Å²) in [5.74, 6) is 0.0781. The minimum atomic E-state index is -0.765. The Kier molecular flexibility index (Phi) is 5.28. The summed E-state index contributed by atoms with van der Waals surface area (Å²) >= 11 is 0. The van der Waals surface area contributed by atoms with E-state index in [4.69, 9.17) is 5.11 Å². The van der Waals surface area contributed by atoms with Gasteiger partial charge in [-0.05, 0) is 37.0 Å². The second-order valence-electron chi connectivity index (χ2n) is 7.38. The van der Waals surface area contributed by atoms with Gasteiger partial charge in [0.15, 0.2) is 0 Å². The van der Waals surface area contributed by atoms with Crippen molar-refractivity contribution in [1.29, 1.82) is 0 Å². The van der Waals surface area contributed by atoms with Crippen LogP contribution in [0.2, 0.25) is 0 Å². The molecule has 1 N–H and O–H groups in total. The maximum absolute atomic E-state index is 12.6. The smallest absolute Gasteiger partial charge is 0.303 e. The summed E-state index contributed by atoms with van der Waals surface area (Å²) in [4.78, 5) is 25.7. The van der Waals surface area contributed by atoms with Crippen molar-refractivity contribution in [3.8, 4) is 0 Å². The van der Waals surface area contributed by atoms with Crippen molar-refractivity contribution in [3.05, 3.63) is 0 Å². The van der Waals surface area contributed by atoms with Crippen LogP contribution in [0.15, 0.2) is 0 Å². The van der Waals surface area contributed by atoms with E-state index in [0.717, 1.165) is 38.5 Å². The Balaban J connectivity index is 1.96. The highest BCUT2D eigenvalue weighted by molar-refractivity contribution is 5.78. The molecule has 0 aromatic rings. The van der Waals surface area contributed by atoms with Gasteiger partial charge in [-0.25, -0.2) is 0 Å². The number of carbonyl (C=O) groups is 2. The number of hydrogen-bond donors (Lipinski definition) is 1. The fraction of sp³-hybridized carbons (Fsp3) is 0.882. The molecule has 2 fully saturated rings. The van der Waals surface area contributed by atoms with Crippen molar-refractivity contribution in [3.63, 3.8) is 0 Å². The Bertz CT molecular complexity index is 387. The topological polar surface area (TPSA) is 57.6 Å². The second kappa shape index (κ2) is 6.80. The van der Waals surface area contributed by atoms with Gasteiger partial charge in [-0.15, -0.1) is 0 Å². The first-order valence-electron chi connectivity index (χ1n) is 8.39. The fourth-order valence-electron chi connectivity index (χ4n) is 4.26. The van der Waals surface area contributed by atoms with Gasteiger partial charge in [0.05, 0.1) is 6.42 Å². The number of amides is 1. The highest BCUT2D eigenvalue weighted by Crippen LogP contribution is 2.44. The first-order chi connectivity index (χ1) is 9.92. The molecule has 2 atom stereocenters. The first-order valence-corrected chi connectivity index (χ1v) is 8.39. The van der Waals surface area contributed by atoms with E-state index >= 15 is 0 Å². The molecule has 21 heavy (non-hydrogen) atoms. The third-order valence-corrected chi connectivity index (χ3v) is 5.57. The van der Waals surface area contributed by atoms with E-state index in [9.17, 15) is 9.59 Å². The minimum Gasteiger partial charge on any atom is -0.481 e. The molecule has 0 heterocycles. The lowest BCUT2D eigenvalue weighted by atomic mass is 9.78. The average molecular weight is 295 g/mol. The summed E-state index contributed by atoms with van der Waals surface area (Å²) < 4.78 is 0. The monoisotopic (exact) mass is 295 g/mol. The number of rotatable bonds is 5. The number of hydrogen-bond acceptors (Lipinski definition) is 2. The molecule has 0 saturated heterocycles. The fourth-order valence-corrected chi connectivity index (χ4v) is 4.26. The van der Waals surface area contributed by atoms with Crippen molar-refractivity contribution >= 4 is 11.9 Å². The van der Waals surface area contributed by atoms with Gasteiger partial charge in [0.25, 0.3) is 0 Å². The van der Waals surface area contributed by atoms with Gasteiger partial charge < -0.3 is 10.0 Å². The number of nitrogens with zero attached hydrogens (tertiary/aromatic N) is 1. The summed E-state index contributed by atoms with van der Waals surface area (Å²) in [6.45, 7) is 2.26. The zero-order chi connectivity index (χ0) is 15.5. The van der Waals surface area contributed by atoms with Gasteiger partial charge in [0.2, 0.25) is 5.91 Å². The lowest BCUT2D eigenvalue weighted by Crippen LogP contribution is -2.42. The van der Waals surface area contributed by atoms with Crippen LogP contribution in [-0.4, -0.2) is 35.0 Å². The second-order valence-corrected chi connectivity index (χ2v) is 7.38. The van der Waals surface area contributed by atoms with Crippen LogP contribution in [-0.2, 0) is 9.59 Å². The van der Waals surface area contributed by atoms with Crippen LogP contribution in [0.3, 0.4) is 0 Å². The van der Waals surface area contributed by atoms with Crippen molar-refractivity contribution in [2.45, 2.75) is 77.2 Å². The third kappa shape index (κ3) is 4.21. The predicted molar refractivity (Wildman–Crippen MR) is 82.0 cm³/mol. The Labute approximate surface area is 127 Å². The molecule has 2 unspecified atom stereocenters. The number of aliphatic carboxylic acids is 1. The molecule has 120 valence electrons. The molecule has 0 aromatic carbocycles. The van der Waals surface area contributed by atoms with Crippen LogP contribution in [0.5, 0.6) is 0 Å². The molecule has 2 aliphatic rings. The quantitative estimate of drug-likeness (QED) is 0.845. The lowest BCUT2D eigenvalue weighted by Gasteiger charge is -2.36. The summed E-state index contributed by atoms with van der Waals surface area (Å²) in [7, 11) is 1.91. The van der Waals surface area contributed by atoms with Gasteiger partial charge >= 0.3 is 5.97 Å². The molecule has 4 nitrogen and oxygen atoms in total. The number of carboxylic acid groups (broad SMARTS) is 1. The summed E-state index contributed by atoms with van der Waals surface area (Å²) in [6.07, 6.45) is 9.11. The summed E-state index contributed by atoms with van der Waals surface area (Å²) in [6, 6.07) is 0.351. The molecule has 2 rings (SSSR count). The summed E-state index contributed by atoms with van der Waals surface area (Å²) in [5, 5.41) is 9.15. The first kappa shape index (κ1) is 16.3. The SMILES string of the molecule is CC1CCCC(N(C)C(=O)CC2(CC(=O)O)CCCC2)C1. The minimum absolute atomic E-state index is 0.146. The molecule has 2 saturated carbocycles. The van der Waals surface area contributed by atoms with E-state index in [-0.39, 0.29) is 17.7 Å². The van der Waals surface area contributed by atoms with E-state index in [1.807, 2.05) is 11.9 Å². The molecule has 0 spiro atoms. The zero-order valence-corrected chi connectivity index (χ0v) is 13.4. The van der Waals surface area contributed by atoms with E-state index in [1.165, 1.54) is 12.8 Å².